The summed E-state index contributed by atoms with van der Waals surface area (Å²) in [5, 5.41) is -13.5. The van der Waals surface area contributed by atoms with Crippen LogP contribution in [0.5, 0.6) is 0 Å². The van der Waals surface area contributed by atoms with Crippen LogP contribution in [0.3, 0.4) is 0 Å². The molecule has 0 atom stereocenters. The van der Waals surface area contributed by atoms with E-state index in [4.69, 9.17) is 0 Å². The molecule has 0 fully saturated rings. The third kappa shape index (κ3) is 4.00. The molecule has 6 nitrogen and oxygen atoms in total. The fourth-order valence-electron chi connectivity index (χ4n) is 1.21. The van der Waals surface area contributed by atoms with Gasteiger partial charge in [0.15, 0.2) is 10.1 Å². The Balaban J connectivity index is 0. The fourth-order valence-corrected chi connectivity index (χ4v) is 3.10. The Labute approximate surface area is 146 Å². The smallest absolute Gasteiger partial charge is 0.743 e. The van der Waals surface area contributed by atoms with E-state index in [9.17, 15) is 47.7 Å². The summed E-state index contributed by atoms with van der Waals surface area (Å²) in [4.78, 5) is 0. The van der Waals surface area contributed by atoms with Crippen LogP contribution in [0.15, 0.2) is 25.3 Å². The van der Waals surface area contributed by atoms with Gasteiger partial charge in [0.2, 0.25) is 0 Å². The molecule has 0 heterocycles. The van der Waals surface area contributed by atoms with Gasteiger partial charge in [-0.15, -0.1) is 13.2 Å². The van der Waals surface area contributed by atoms with Gasteiger partial charge >= 0.3 is 35.3 Å². The van der Waals surface area contributed by atoms with E-state index in [0.29, 0.717) is 12.2 Å². The van der Waals surface area contributed by atoms with Gasteiger partial charge in [0.05, 0.1) is 0 Å². The van der Waals surface area contributed by atoms with Crippen LogP contribution in [0.2, 0.25) is 0 Å². The van der Waals surface area contributed by atoms with E-state index >= 15 is 0 Å². The second-order valence-electron chi connectivity index (χ2n) is 3.96. The Morgan fingerprint density at radius 2 is 1.21 bits per heavy atom. The van der Waals surface area contributed by atoms with Crippen molar-refractivity contribution in [3.8, 4) is 0 Å². The fraction of sp³-hybridized carbons (Fsp3) is 0.556. The van der Waals surface area contributed by atoms with E-state index in [1.165, 1.54) is 0 Å². The number of rotatable bonds is 9. The van der Waals surface area contributed by atoms with E-state index in [2.05, 4.69) is 13.2 Å². The summed E-state index contributed by atoms with van der Waals surface area (Å²) in [6.45, 7) is 3.94. The summed E-state index contributed by atoms with van der Waals surface area (Å²) in [7, 11) is -13.8. The summed E-state index contributed by atoms with van der Waals surface area (Å²) in [5.41, 5.74) is 0. The number of halogens is 6. The zero-order valence-corrected chi connectivity index (χ0v) is 13.7. The SMILES string of the molecule is C=CCN(CC=C)S(=O)(=O)C(F)(F)C(F)(F)C(F)(F)S(=O)(=O)[O-].[Li+]. The Kier molecular flexibility index (Phi) is 8.35. The first-order valence-corrected chi connectivity index (χ1v) is 8.17. The average molecular weight is 397 g/mol. The first-order valence-electron chi connectivity index (χ1n) is 5.32. The number of hydrogen-bond donors (Lipinski definition) is 0. The maximum Gasteiger partial charge on any atom is 1.00 e. The van der Waals surface area contributed by atoms with Crippen molar-refractivity contribution in [3.05, 3.63) is 25.3 Å². The van der Waals surface area contributed by atoms with Crippen LogP contribution in [0.1, 0.15) is 0 Å². The number of nitrogens with zero attached hydrogens (tertiary/aromatic N) is 1. The Bertz CT molecular complexity index is 669. The average Bonchev–Trinajstić information content (AvgIpc) is 2.36. The predicted octanol–water partition coefficient (Wildman–Crippen LogP) is -1.64. The van der Waals surface area contributed by atoms with Crippen molar-refractivity contribution in [2.45, 2.75) is 16.4 Å². The van der Waals surface area contributed by atoms with Gasteiger partial charge in [-0.25, -0.2) is 16.8 Å². The standard InChI is InChI=1S/C9H11F6NO5S2.Li/c1-3-5-16(6-4-2)22(17,18)8(12,13)7(10,11)9(14,15)23(19,20)21;/h3-4H,1-2,5-6H2,(H,19,20,21);/q;+1/p-1. The molecular formula is C9H10F6LiNO5S2. The van der Waals surface area contributed by atoms with Crippen LogP contribution in [0.25, 0.3) is 0 Å². The molecule has 0 unspecified atom stereocenters. The van der Waals surface area contributed by atoms with Gasteiger partial charge in [-0.1, -0.05) is 12.2 Å². The van der Waals surface area contributed by atoms with Crippen molar-refractivity contribution in [1.82, 2.24) is 4.31 Å². The Hall–Kier alpha value is -0.523. The van der Waals surface area contributed by atoms with Crippen LogP contribution in [0, 0.1) is 0 Å². The molecular weight excluding hydrogens is 387 g/mol. The molecule has 0 aromatic heterocycles. The minimum atomic E-state index is -7.29. The molecule has 0 aromatic carbocycles. The van der Waals surface area contributed by atoms with Gasteiger partial charge in [0.1, 0.15) is 0 Å². The molecule has 0 rings (SSSR count). The van der Waals surface area contributed by atoms with Crippen molar-refractivity contribution >= 4 is 20.1 Å². The molecule has 15 heteroatoms. The van der Waals surface area contributed by atoms with Crippen LogP contribution < -0.4 is 18.9 Å². The first-order chi connectivity index (χ1) is 10.0. The molecule has 136 valence electrons. The van der Waals surface area contributed by atoms with Gasteiger partial charge in [-0.05, 0) is 0 Å². The van der Waals surface area contributed by atoms with E-state index < -0.39 is 54.0 Å². The van der Waals surface area contributed by atoms with E-state index in [1.54, 1.807) is 0 Å². The van der Waals surface area contributed by atoms with Gasteiger partial charge < -0.3 is 4.55 Å². The van der Waals surface area contributed by atoms with Crippen LogP contribution >= 0.6 is 0 Å². The third-order valence-electron chi connectivity index (χ3n) is 2.37. The largest absolute Gasteiger partial charge is 1.00 e. The molecule has 0 aliphatic rings. The first kappa shape index (κ1) is 25.7. The monoisotopic (exact) mass is 397 g/mol. The Morgan fingerprint density at radius 1 is 0.875 bits per heavy atom. The molecule has 0 spiro atoms. The van der Waals surface area contributed by atoms with Crippen LogP contribution in [-0.2, 0) is 20.1 Å². The molecule has 0 amide bonds. The Morgan fingerprint density at radius 3 is 1.46 bits per heavy atom. The van der Waals surface area contributed by atoms with Crippen molar-refractivity contribution in [1.29, 1.82) is 0 Å². The molecule has 0 saturated carbocycles. The van der Waals surface area contributed by atoms with Crippen molar-refractivity contribution < 1.29 is 66.6 Å². The molecule has 0 radical (unpaired) electrons. The zero-order valence-electron chi connectivity index (χ0n) is 12.1. The van der Waals surface area contributed by atoms with Gasteiger partial charge in [-0.3, -0.25) is 0 Å². The second-order valence-corrected chi connectivity index (χ2v) is 7.36. The second kappa shape index (κ2) is 7.79. The van der Waals surface area contributed by atoms with Gasteiger partial charge in [0.25, 0.3) is 10.0 Å². The van der Waals surface area contributed by atoms with Gasteiger partial charge in [-0.2, -0.15) is 30.6 Å². The molecule has 0 aliphatic heterocycles. The van der Waals surface area contributed by atoms with Crippen LogP contribution in [0.4, 0.5) is 26.3 Å². The minimum absolute atomic E-state index is 0. The van der Waals surface area contributed by atoms with E-state index in [-0.39, 0.29) is 18.9 Å². The predicted molar refractivity (Wildman–Crippen MR) is 65.4 cm³/mol. The molecule has 0 saturated heterocycles. The zero-order chi connectivity index (χ0) is 18.9. The maximum atomic E-state index is 13.6. The normalized spacial score (nSPS) is 14.2. The van der Waals surface area contributed by atoms with E-state index in [1.807, 2.05) is 0 Å². The van der Waals surface area contributed by atoms with Gasteiger partial charge in [0, 0.05) is 13.1 Å². The summed E-state index contributed by atoms with van der Waals surface area (Å²) >= 11 is 0. The summed E-state index contributed by atoms with van der Waals surface area (Å²) in [6.07, 6.45) is 1.36. The third-order valence-corrected chi connectivity index (χ3v) is 5.14. The number of alkyl halides is 6. The number of hydrogen-bond acceptors (Lipinski definition) is 5. The van der Waals surface area contributed by atoms with Crippen molar-refractivity contribution in [2.75, 3.05) is 13.1 Å². The van der Waals surface area contributed by atoms with E-state index in [0.717, 1.165) is 0 Å². The molecule has 0 bridgehead atoms. The quantitative estimate of drug-likeness (QED) is 0.201. The topological polar surface area (TPSA) is 94.6 Å². The van der Waals surface area contributed by atoms with Crippen molar-refractivity contribution in [2.24, 2.45) is 0 Å². The molecule has 0 aromatic rings. The van der Waals surface area contributed by atoms with Crippen molar-refractivity contribution in [3.63, 3.8) is 0 Å². The minimum Gasteiger partial charge on any atom is -0.743 e. The molecule has 24 heavy (non-hydrogen) atoms. The maximum absolute atomic E-state index is 13.6. The molecule has 0 aliphatic carbocycles. The summed E-state index contributed by atoms with van der Waals surface area (Å²) < 4.78 is 133. The molecule has 0 N–H and O–H groups in total. The van der Waals surface area contributed by atoms with Crippen LogP contribution in [-0.4, -0.2) is 55.2 Å². The summed E-state index contributed by atoms with van der Waals surface area (Å²) in [6, 6.07) is 0. The number of sulfonamides is 1. The summed E-state index contributed by atoms with van der Waals surface area (Å²) in [5.74, 6) is -7.03.